The molecule has 1 saturated carbocycles. The van der Waals surface area contributed by atoms with Crippen molar-refractivity contribution in [2.45, 2.75) is 31.1 Å². The molecule has 0 aliphatic heterocycles. The molecule has 0 heterocycles. The highest BCUT2D eigenvalue weighted by Gasteiger charge is 2.25. The lowest BCUT2D eigenvalue weighted by molar-refractivity contribution is 0.414. The minimum atomic E-state index is -3.66. The Labute approximate surface area is 113 Å². The predicted molar refractivity (Wildman–Crippen MR) is 72.5 cm³/mol. The maximum Gasteiger partial charge on any atom is 0.240 e. The van der Waals surface area contributed by atoms with E-state index < -0.39 is 15.8 Å². The zero-order valence-electron chi connectivity index (χ0n) is 10.9. The summed E-state index contributed by atoms with van der Waals surface area (Å²) in [6.45, 7) is 2.55. The number of sulfonamides is 1. The van der Waals surface area contributed by atoms with Crippen LogP contribution in [0.3, 0.4) is 0 Å². The van der Waals surface area contributed by atoms with Gasteiger partial charge in [-0.25, -0.2) is 17.5 Å². The highest BCUT2D eigenvalue weighted by atomic mass is 32.2. The molecule has 2 atom stereocenters. The van der Waals surface area contributed by atoms with Crippen molar-refractivity contribution in [3.05, 3.63) is 24.0 Å². The highest BCUT2D eigenvalue weighted by Crippen LogP contribution is 2.30. The van der Waals surface area contributed by atoms with Gasteiger partial charge in [0.15, 0.2) is 0 Å². The second kappa shape index (κ2) is 5.46. The Morgan fingerprint density at radius 2 is 2.16 bits per heavy atom. The Morgan fingerprint density at radius 3 is 2.74 bits per heavy atom. The molecule has 6 heteroatoms. The van der Waals surface area contributed by atoms with Gasteiger partial charge in [-0.1, -0.05) is 19.8 Å². The molecule has 2 unspecified atom stereocenters. The van der Waals surface area contributed by atoms with Crippen LogP contribution in [0.25, 0.3) is 0 Å². The first-order chi connectivity index (χ1) is 8.90. The van der Waals surface area contributed by atoms with Gasteiger partial charge in [0, 0.05) is 6.54 Å². The van der Waals surface area contributed by atoms with Gasteiger partial charge < -0.3 is 5.73 Å². The number of hydrogen-bond donors (Lipinski definition) is 2. The third-order valence-electron chi connectivity index (χ3n) is 3.86. The van der Waals surface area contributed by atoms with E-state index in [1.807, 2.05) is 0 Å². The number of nitrogens with two attached hydrogens (primary N) is 1. The molecule has 106 valence electrons. The summed E-state index contributed by atoms with van der Waals surface area (Å²) in [6.07, 6.45) is 3.33. The van der Waals surface area contributed by atoms with Crippen LogP contribution in [0.1, 0.15) is 26.2 Å². The fourth-order valence-corrected chi connectivity index (χ4v) is 3.61. The molecule has 1 fully saturated rings. The van der Waals surface area contributed by atoms with E-state index >= 15 is 0 Å². The normalized spacial score (nSPS) is 23.7. The van der Waals surface area contributed by atoms with Crippen LogP contribution in [0.2, 0.25) is 0 Å². The molecular formula is C13H19FN2O2S. The van der Waals surface area contributed by atoms with Crippen molar-refractivity contribution in [2.75, 3.05) is 12.3 Å². The van der Waals surface area contributed by atoms with E-state index in [4.69, 9.17) is 5.73 Å². The largest absolute Gasteiger partial charge is 0.396 e. The van der Waals surface area contributed by atoms with Crippen LogP contribution >= 0.6 is 0 Å². The van der Waals surface area contributed by atoms with Crippen molar-refractivity contribution in [3.8, 4) is 0 Å². The molecule has 0 amide bonds. The van der Waals surface area contributed by atoms with Crippen LogP contribution in [0.15, 0.2) is 23.1 Å². The van der Waals surface area contributed by atoms with Gasteiger partial charge in [-0.05, 0) is 36.5 Å². The summed E-state index contributed by atoms with van der Waals surface area (Å²) in [4.78, 5) is -0.0788. The first kappa shape index (κ1) is 14.3. The molecule has 1 aromatic carbocycles. The quantitative estimate of drug-likeness (QED) is 0.833. The van der Waals surface area contributed by atoms with E-state index in [9.17, 15) is 12.8 Å². The fourth-order valence-electron chi connectivity index (χ4n) is 2.50. The van der Waals surface area contributed by atoms with Gasteiger partial charge in [0.2, 0.25) is 10.0 Å². The summed E-state index contributed by atoms with van der Waals surface area (Å²) in [6, 6.07) is 3.54. The number of hydrogen-bond acceptors (Lipinski definition) is 3. The Balaban J connectivity index is 2.07. The van der Waals surface area contributed by atoms with E-state index in [2.05, 4.69) is 11.6 Å². The van der Waals surface area contributed by atoms with Gasteiger partial charge in [0.05, 0.1) is 10.6 Å². The second-order valence-electron chi connectivity index (χ2n) is 5.20. The van der Waals surface area contributed by atoms with Crippen LogP contribution < -0.4 is 10.5 Å². The lowest BCUT2D eigenvalue weighted by Crippen LogP contribution is -2.30. The van der Waals surface area contributed by atoms with Gasteiger partial charge in [-0.15, -0.1) is 0 Å². The molecule has 0 spiro atoms. The second-order valence-corrected chi connectivity index (χ2v) is 6.97. The van der Waals surface area contributed by atoms with Crippen LogP contribution in [-0.4, -0.2) is 15.0 Å². The van der Waals surface area contributed by atoms with E-state index in [-0.39, 0.29) is 10.6 Å². The number of benzene rings is 1. The van der Waals surface area contributed by atoms with Crippen LogP contribution in [-0.2, 0) is 10.0 Å². The molecule has 19 heavy (non-hydrogen) atoms. The molecule has 3 N–H and O–H groups in total. The molecule has 2 rings (SSSR count). The molecule has 0 saturated heterocycles. The predicted octanol–water partition coefficient (Wildman–Crippen LogP) is 2.12. The van der Waals surface area contributed by atoms with E-state index in [0.29, 0.717) is 18.4 Å². The summed E-state index contributed by atoms with van der Waals surface area (Å²) in [5.41, 5.74) is 5.28. The third-order valence-corrected chi connectivity index (χ3v) is 5.28. The Morgan fingerprint density at radius 1 is 1.42 bits per heavy atom. The zero-order valence-corrected chi connectivity index (χ0v) is 11.7. The molecule has 1 aliphatic rings. The molecule has 1 aromatic rings. The van der Waals surface area contributed by atoms with Crippen molar-refractivity contribution in [1.82, 2.24) is 4.72 Å². The van der Waals surface area contributed by atoms with E-state index in [1.54, 1.807) is 0 Å². The van der Waals surface area contributed by atoms with Crippen molar-refractivity contribution in [2.24, 2.45) is 11.8 Å². The molecule has 0 bridgehead atoms. The smallest absolute Gasteiger partial charge is 0.240 e. The first-order valence-corrected chi connectivity index (χ1v) is 7.93. The topological polar surface area (TPSA) is 72.2 Å². The fraction of sp³-hybridized carbons (Fsp3) is 0.538. The summed E-state index contributed by atoms with van der Waals surface area (Å²) in [5, 5.41) is 0. The van der Waals surface area contributed by atoms with Crippen molar-refractivity contribution in [1.29, 1.82) is 0 Å². The Bertz CT molecular complexity index is 560. The number of rotatable bonds is 4. The van der Waals surface area contributed by atoms with Gasteiger partial charge in [0.25, 0.3) is 0 Å². The lowest BCUT2D eigenvalue weighted by atomic mass is 9.99. The minimum absolute atomic E-state index is 0.0524. The summed E-state index contributed by atoms with van der Waals surface area (Å²) in [5.74, 6) is 0.191. The average molecular weight is 286 g/mol. The average Bonchev–Trinajstić information content (AvgIpc) is 2.76. The zero-order chi connectivity index (χ0) is 14.0. The third kappa shape index (κ3) is 3.25. The van der Waals surface area contributed by atoms with Gasteiger partial charge in [0.1, 0.15) is 5.82 Å². The van der Waals surface area contributed by atoms with Gasteiger partial charge in [-0.2, -0.15) is 0 Å². The summed E-state index contributed by atoms with van der Waals surface area (Å²) in [7, 11) is -3.66. The molecule has 0 radical (unpaired) electrons. The van der Waals surface area contributed by atoms with Crippen LogP contribution in [0.4, 0.5) is 10.1 Å². The molecular weight excluding hydrogens is 267 g/mol. The number of nitrogens with one attached hydrogen (secondary N) is 1. The van der Waals surface area contributed by atoms with Gasteiger partial charge in [-0.3, -0.25) is 0 Å². The summed E-state index contributed by atoms with van der Waals surface area (Å²) >= 11 is 0. The van der Waals surface area contributed by atoms with Crippen molar-refractivity contribution in [3.63, 3.8) is 0 Å². The number of nitrogen functional groups attached to an aromatic ring is 1. The maximum atomic E-state index is 13.3. The SMILES string of the molecule is CC1CCCC1CNS(=O)(=O)c1ccc(N)c(F)c1. The molecule has 0 aromatic heterocycles. The van der Waals surface area contributed by atoms with Gasteiger partial charge >= 0.3 is 0 Å². The van der Waals surface area contributed by atoms with Crippen LogP contribution in [0, 0.1) is 17.7 Å². The Hall–Kier alpha value is -1.14. The van der Waals surface area contributed by atoms with Crippen molar-refractivity contribution >= 4 is 15.7 Å². The Kier molecular flexibility index (Phi) is 4.10. The van der Waals surface area contributed by atoms with E-state index in [0.717, 1.165) is 25.3 Å². The molecule has 1 aliphatic carbocycles. The monoisotopic (exact) mass is 286 g/mol. The summed E-state index contributed by atoms with van der Waals surface area (Å²) < 4.78 is 39.9. The molecule has 4 nitrogen and oxygen atoms in total. The van der Waals surface area contributed by atoms with Crippen molar-refractivity contribution < 1.29 is 12.8 Å². The first-order valence-electron chi connectivity index (χ1n) is 6.45. The van der Waals surface area contributed by atoms with Crippen LogP contribution in [0.5, 0.6) is 0 Å². The number of anilines is 1. The number of halogens is 1. The highest BCUT2D eigenvalue weighted by molar-refractivity contribution is 7.89. The maximum absolute atomic E-state index is 13.3. The lowest BCUT2D eigenvalue weighted by Gasteiger charge is -2.16. The van der Waals surface area contributed by atoms with E-state index in [1.165, 1.54) is 12.1 Å². The standard InChI is InChI=1S/C13H19FN2O2S/c1-9-3-2-4-10(9)8-16-19(17,18)11-5-6-13(15)12(14)7-11/h5-7,9-10,16H,2-4,8,15H2,1H3. The minimum Gasteiger partial charge on any atom is -0.396 e.